The Balaban J connectivity index is 1.37. The summed E-state index contributed by atoms with van der Waals surface area (Å²) in [6.07, 6.45) is 3.65. The maximum atomic E-state index is 12.5. The van der Waals surface area contributed by atoms with Gasteiger partial charge < -0.3 is 14.6 Å². The van der Waals surface area contributed by atoms with Crippen LogP contribution in [0.15, 0.2) is 53.2 Å². The van der Waals surface area contributed by atoms with E-state index >= 15 is 0 Å². The molecular weight excluding hydrogens is 342 g/mol. The zero-order valence-corrected chi connectivity index (χ0v) is 15.1. The number of likely N-dealkylation sites (tertiary alicyclic amines) is 1. The molecule has 1 N–H and O–H groups in total. The Morgan fingerprint density at radius 2 is 2.04 bits per heavy atom. The van der Waals surface area contributed by atoms with Crippen molar-refractivity contribution in [1.29, 1.82) is 0 Å². The Morgan fingerprint density at radius 3 is 2.81 bits per heavy atom. The molecule has 0 unspecified atom stereocenters. The third-order valence-electron chi connectivity index (χ3n) is 5.07. The topological polar surface area (TPSA) is 75.4 Å². The Labute approximate surface area is 157 Å². The van der Waals surface area contributed by atoms with Crippen LogP contribution in [0, 0.1) is 12.8 Å². The fourth-order valence-corrected chi connectivity index (χ4v) is 3.51. The fourth-order valence-electron chi connectivity index (χ4n) is 3.51. The number of hydrogen-bond donors (Lipinski definition) is 1. The summed E-state index contributed by atoms with van der Waals surface area (Å²) in [5.74, 6) is 0.318. The Morgan fingerprint density at radius 1 is 1.26 bits per heavy atom. The fraction of sp³-hybridized carbons (Fsp3) is 0.286. The molecule has 1 saturated heterocycles. The largest absolute Gasteiger partial charge is 0.459 e. The van der Waals surface area contributed by atoms with E-state index in [1.807, 2.05) is 43.3 Å². The van der Waals surface area contributed by atoms with Gasteiger partial charge in [-0.2, -0.15) is 0 Å². The van der Waals surface area contributed by atoms with Gasteiger partial charge >= 0.3 is 0 Å². The molecule has 6 nitrogen and oxygen atoms in total. The van der Waals surface area contributed by atoms with Gasteiger partial charge in [0.15, 0.2) is 0 Å². The van der Waals surface area contributed by atoms with Gasteiger partial charge in [0.25, 0.3) is 0 Å². The predicted molar refractivity (Wildman–Crippen MR) is 101 cm³/mol. The van der Waals surface area contributed by atoms with Crippen molar-refractivity contribution < 1.29 is 14.0 Å². The van der Waals surface area contributed by atoms with Crippen molar-refractivity contribution in [3.05, 3.63) is 65.7 Å². The number of benzene rings is 1. The first-order valence-corrected chi connectivity index (χ1v) is 9.03. The number of para-hydroxylation sites is 1. The number of aryl methyl sites for hydroxylation is 1. The third kappa shape index (κ3) is 3.56. The van der Waals surface area contributed by atoms with Gasteiger partial charge in [-0.25, -0.2) is 0 Å². The number of carbonyl (C=O) groups is 2. The van der Waals surface area contributed by atoms with Crippen molar-refractivity contribution >= 4 is 22.8 Å². The number of carbonyl (C=O) groups excluding carboxylic acids is 2. The summed E-state index contributed by atoms with van der Waals surface area (Å²) >= 11 is 0. The van der Waals surface area contributed by atoms with Gasteiger partial charge in [0, 0.05) is 42.9 Å². The highest BCUT2D eigenvalue weighted by Gasteiger charge is 2.34. The molecule has 6 heteroatoms. The van der Waals surface area contributed by atoms with E-state index in [1.165, 1.54) is 0 Å². The van der Waals surface area contributed by atoms with Crippen molar-refractivity contribution in [2.75, 3.05) is 6.54 Å². The maximum Gasteiger partial charge on any atom is 0.225 e. The smallest absolute Gasteiger partial charge is 0.225 e. The van der Waals surface area contributed by atoms with Crippen molar-refractivity contribution in [3.8, 4) is 0 Å². The summed E-state index contributed by atoms with van der Waals surface area (Å²) in [6, 6.07) is 11.6. The minimum Gasteiger partial charge on any atom is -0.459 e. The summed E-state index contributed by atoms with van der Waals surface area (Å²) in [7, 11) is 0. The molecule has 0 spiro atoms. The van der Waals surface area contributed by atoms with Crippen molar-refractivity contribution in [2.24, 2.45) is 5.92 Å². The van der Waals surface area contributed by atoms with E-state index in [0.717, 1.165) is 27.9 Å². The van der Waals surface area contributed by atoms with Crippen LogP contribution in [0.25, 0.3) is 11.0 Å². The van der Waals surface area contributed by atoms with Gasteiger partial charge in [0.1, 0.15) is 11.3 Å². The van der Waals surface area contributed by atoms with Gasteiger partial charge in [0.2, 0.25) is 11.8 Å². The average molecular weight is 363 g/mol. The van der Waals surface area contributed by atoms with E-state index in [4.69, 9.17) is 4.42 Å². The van der Waals surface area contributed by atoms with Crippen LogP contribution < -0.4 is 5.32 Å². The minimum atomic E-state index is -0.330. The number of nitrogens with one attached hydrogen (secondary N) is 1. The summed E-state index contributed by atoms with van der Waals surface area (Å²) in [4.78, 5) is 30.5. The van der Waals surface area contributed by atoms with Crippen LogP contribution in [0.3, 0.4) is 0 Å². The molecule has 1 aliphatic rings. The molecule has 2 amide bonds. The lowest BCUT2D eigenvalue weighted by Crippen LogP contribution is -2.32. The molecule has 3 heterocycles. The lowest BCUT2D eigenvalue weighted by molar-refractivity contribution is -0.129. The van der Waals surface area contributed by atoms with E-state index < -0.39 is 0 Å². The van der Waals surface area contributed by atoms with Crippen LogP contribution >= 0.6 is 0 Å². The van der Waals surface area contributed by atoms with E-state index in [9.17, 15) is 9.59 Å². The predicted octanol–water partition coefficient (Wildman–Crippen LogP) is 2.80. The number of furan rings is 1. The van der Waals surface area contributed by atoms with Crippen molar-refractivity contribution in [2.45, 2.75) is 26.4 Å². The first kappa shape index (κ1) is 17.3. The molecule has 0 radical (unpaired) electrons. The van der Waals surface area contributed by atoms with Gasteiger partial charge in [-0.1, -0.05) is 18.2 Å². The van der Waals surface area contributed by atoms with Crippen LogP contribution in [0.4, 0.5) is 0 Å². The van der Waals surface area contributed by atoms with Crippen LogP contribution in [-0.4, -0.2) is 28.2 Å². The number of pyridine rings is 1. The standard InChI is InChI=1S/C21H21N3O3/c1-14-17-4-2-3-5-18(17)27-19(14)11-23-21(26)16-10-20(25)24(13-16)12-15-6-8-22-9-7-15/h2-9,16H,10-13H2,1H3,(H,23,26)/t16-/m1/s1. The zero-order chi connectivity index (χ0) is 18.8. The van der Waals surface area contributed by atoms with E-state index in [2.05, 4.69) is 10.3 Å². The molecule has 0 saturated carbocycles. The summed E-state index contributed by atoms with van der Waals surface area (Å²) in [5, 5.41) is 3.98. The highest BCUT2D eigenvalue weighted by atomic mass is 16.3. The molecule has 138 valence electrons. The molecular formula is C21H21N3O3. The quantitative estimate of drug-likeness (QED) is 0.756. The second kappa shape index (κ2) is 7.23. The van der Waals surface area contributed by atoms with E-state index in [-0.39, 0.29) is 24.2 Å². The summed E-state index contributed by atoms with van der Waals surface area (Å²) < 4.78 is 5.84. The van der Waals surface area contributed by atoms with Crippen LogP contribution in [0.5, 0.6) is 0 Å². The highest BCUT2D eigenvalue weighted by molar-refractivity contribution is 5.89. The van der Waals surface area contributed by atoms with Gasteiger partial charge in [-0.05, 0) is 30.7 Å². The lowest BCUT2D eigenvalue weighted by atomic mass is 10.1. The van der Waals surface area contributed by atoms with Gasteiger partial charge in [-0.15, -0.1) is 0 Å². The monoisotopic (exact) mass is 363 g/mol. The first-order valence-electron chi connectivity index (χ1n) is 9.03. The number of aromatic nitrogens is 1. The van der Waals surface area contributed by atoms with E-state index in [1.54, 1.807) is 17.3 Å². The van der Waals surface area contributed by atoms with Gasteiger partial charge in [-0.3, -0.25) is 14.6 Å². The molecule has 27 heavy (non-hydrogen) atoms. The molecule has 1 aromatic carbocycles. The number of fused-ring (bicyclic) bond motifs is 1. The Kier molecular flexibility index (Phi) is 4.62. The number of nitrogens with zero attached hydrogens (tertiary/aromatic N) is 2. The molecule has 2 aromatic heterocycles. The molecule has 1 aliphatic heterocycles. The Hall–Kier alpha value is -3.15. The minimum absolute atomic E-state index is 0.00637. The normalized spacial score (nSPS) is 16.9. The zero-order valence-electron chi connectivity index (χ0n) is 15.1. The summed E-state index contributed by atoms with van der Waals surface area (Å²) in [5.41, 5.74) is 2.86. The van der Waals surface area contributed by atoms with Crippen LogP contribution in [0.1, 0.15) is 23.3 Å². The maximum absolute atomic E-state index is 12.5. The molecule has 1 atom stereocenters. The van der Waals surface area contributed by atoms with Crippen LogP contribution in [-0.2, 0) is 22.7 Å². The van der Waals surface area contributed by atoms with Crippen molar-refractivity contribution in [3.63, 3.8) is 0 Å². The molecule has 4 rings (SSSR count). The first-order chi connectivity index (χ1) is 13.1. The Bertz CT molecular complexity index is 981. The van der Waals surface area contributed by atoms with Crippen molar-refractivity contribution in [1.82, 2.24) is 15.2 Å². The highest BCUT2D eigenvalue weighted by Crippen LogP contribution is 2.25. The molecule has 0 aliphatic carbocycles. The SMILES string of the molecule is Cc1c(CNC(=O)[C@@H]2CC(=O)N(Cc3ccncc3)C2)oc2ccccc12. The number of amides is 2. The van der Waals surface area contributed by atoms with E-state index in [0.29, 0.717) is 19.6 Å². The third-order valence-corrected chi connectivity index (χ3v) is 5.07. The second-order valence-corrected chi connectivity index (χ2v) is 6.89. The lowest BCUT2D eigenvalue weighted by Gasteiger charge is -2.16. The average Bonchev–Trinajstić information content (AvgIpc) is 3.21. The molecule has 3 aromatic rings. The number of hydrogen-bond acceptors (Lipinski definition) is 4. The molecule has 0 bridgehead atoms. The second-order valence-electron chi connectivity index (χ2n) is 6.89. The van der Waals surface area contributed by atoms with Crippen LogP contribution in [0.2, 0.25) is 0 Å². The summed E-state index contributed by atoms with van der Waals surface area (Å²) in [6.45, 7) is 3.26. The molecule has 1 fully saturated rings. The number of rotatable bonds is 5. The van der Waals surface area contributed by atoms with Gasteiger partial charge in [0.05, 0.1) is 12.5 Å².